The second-order valence-electron chi connectivity index (χ2n) is 3.76. The van der Waals surface area contributed by atoms with Crippen LogP contribution in [0.3, 0.4) is 0 Å². The molecule has 4 nitrogen and oxygen atoms in total. The number of aromatic hydroxyl groups is 1. The molecule has 0 saturated carbocycles. The first-order chi connectivity index (χ1) is 7.79. The van der Waals surface area contributed by atoms with Crippen LogP contribution in [-0.2, 0) is 11.2 Å². The molecule has 82 valence electrons. The van der Waals surface area contributed by atoms with Crippen molar-refractivity contribution in [3.05, 3.63) is 30.0 Å². The molecule has 0 amide bonds. The molecule has 2 heterocycles. The quantitative estimate of drug-likeness (QED) is 0.792. The van der Waals surface area contributed by atoms with Gasteiger partial charge in [0.2, 0.25) is 6.29 Å². The Hall–Kier alpha value is -1.81. The Bertz CT molecular complexity index is 541. The molecule has 16 heavy (non-hydrogen) atoms. The van der Waals surface area contributed by atoms with Crippen LogP contribution in [0.4, 0.5) is 0 Å². The van der Waals surface area contributed by atoms with E-state index in [1.807, 2.05) is 6.07 Å². The van der Waals surface area contributed by atoms with Crippen molar-refractivity contribution in [1.29, 1.82) is 0 Å². The van der Waals surface area contributed by atoms with Gasteiger partial charge in [0.15, 0.2) is 0 Å². The van der Waals surface area contributed by atoms with Gasteiger partial charge in [0, 0.05) is 25.1 Å². The number of phenolic OH excluding ortho intramolecular Hbond substituents is 1. The summed E-state index contributed by atoms with van der Waals surface area (Å²) >= 11 is 0. The zero-order chi connectivity index (χ0) is 11.1. The largest absolute Gasteiger partial charge is 0.506 e. The van der Waals surface area contributed by atoms with Crippen molar-refractivity contribution in [2.24, 2.45) is 0 Å². The highest BCUT2D eigenvalue weighted by Crippen LogP contribution is 2.37. The standard InChI is InChI=1S/C12H11NO3/c1-15-10-6-7-4-5-13-12-8(14)2-3-9(16-10)11(7)12/h2-5,10,14H,6H2,1H3. The van der Waals surface area contributed by atoms with E-state index in [0.29, 0.717) is 17.7 Å². The third-order valence-corrected chi connectivity index (χ3v) is 2.83. The summed E-state index contributed by atoms with van der Waals surface area (Å²) in [6, 6.07) is 5.26. The molecule has 0 fully saturated rings. The van der Waals surface area contributed by atoms with E-state index < -0.39 is 0 Å². The summed E-state index contributed by atoms with van der Waals surface area (Å²) in [7, 11) is 1.62. The maximum absolute atomic E-state index is 9.71. The molecule has 1 aromatic heterocycles. The second-order valence-corrected chi connectivity index (χ2v) is 3.76. The molecule has 1 atom stereocenters. The predicted octanol–water partition coefficient (Wildman–Crippen LogP) is 1.85. The van der Waals surface area contributed by atoms with Gasteiger partial charge in [-0.2, -0.15) is 0 Å². The fourth-order valence-electron chi connectivity index (χ4n) is 2.05. The van der Waals surface area contributed by atoms with Gasteiger partial charge in [0.05, 0.1) is 0 Å². The van der Waals surface area contributed by atoms with Gasteiger partial charge in [-0.05, 0) is 23.8 Å². The lowest BCUT2D eigenvalue weighted by atomic mass is 10.0. The van der Waals surface area contributed by atoms with E-state index in [9.17, 15) is 5.11 Å². The smallest absolute Gasteiger partial charge is 0.203 e. The maximum Gasteiger partial charge on any atom is 0.203 e. The minimum atomic E-state index is -0.261. The highest BCUT2D eigenvalue weighted by atomic mass is 16.7. The highest BCUT2D eigenvalue weighted by molar-refractivity contribution is 5.93. The van der Waals surface area contributed by atoms with Crippen LogP contribution in [0.2, 0.25) is 0 Å². The number of methoxy groups -OCH3 is 1. The first-order valence-electron chi connectivity index (χ1n) is 5.08. The Morgan fingerprint density at radius 2 is 2.31 bits per heavy atom. The fourth-order valence-corrected chi connectivity index (χ4v) is 2.05. The van der Waals surface area contributed by atoms with Gasteiger partial charge in [-0.3, -0.25) is 4.98 Å². The first kappa shape index (κ1) is 9.42. The SMILES string of the molecule is COC1Cc2ccnc3c(O)ccc(c23)O1. The first-order valence-corrected chi connectivity index (χ1v) is 5.08. The van der Waals surface area contributed by atoms with Crippen LogP contribution in [0.25, 0.3) is 10.9 Å². The summed E-state index contributed by atoms with van der Waals surface area (Å²) in [4.78, 5) is 4.16. The number of aromatic nitrogens is 1. The molecule has 0 spiro atoms. The lowest BCUT2D eigenvalue weighted by molar-refractivity contribution is -0.0540. The fraction of sp³-hybridized carbons (Fsp3) is 0.250. The van der Waals surface area contributed by atoms with Gasteiger partial charge >= 0.3 is 0 Å². The number of ether oxygens (including phenoxy) is 2. The summed E-state index contributed by atoms with van der Waals surface area (Å²) in [6.07, 6.45) is 2.10. The van der Waals surface area contributed by atoms with Crippen LogP contribution < -0.4 is 4.74 Å². The van der Waals surface area contributed by atoms with Crippen molar-refractivity contribution < 1.29 is 14.6 Å². The second kappa shape index (κ2) is 3.35. The van der Waals surface area contributed by atoms with Crippen molar-refractivity contribution in [1.82, 2.24) is 4.98 Å². The van der Waals surface area contributed by atoms with E-state index in [2.05, 4.69) is 4.98 Å². The molecular formula is C12H11NO3. The van der Waals surface area contributed by atoms with Gasteiger partial charge in [-0.25, -0.2) is 0 Å². The third-order valence-electron chi connectivity index (χ3n) is 2.83. The minimum absolute atomic E-state index is 0.181. The molecule has 1 aliphatic rings. The molecule has 0 radical (unpaired) electrons. The van der Waals surface area contributed by atoms with E-state index in [1.54, 1.807) is 25.4 Å². The normalized spacial score (nSPS) is 18.4. The highest BCUT2D eigenvalue weighted by Gasteiger charge is 2.22. The summed E-state index contributed by atoms with van der Waals surface area (Å²) in [5, 5.41) is 10.6. The summed E-state index contributed by atoms with van der Waals surface area (Å²) in [5.41, 5.74) is 1.68. The van der Waals surface area contributed by atoms with Gasteiger partial charge in [0.25, 0.3) is 0 Å². The zero-order valence-electron chi connectivity index (χ0n) is 8.80. The molecule has 1 N–H and O–H groups in total. The molecule has 1 aromatic carbocycles. The van der Waals surface area contributed by atoms with Gasteiger partial charge in [-0.1, -0.05) is 0 Å². The molecule has 0 bridgehead atoms. The number of benzene rings is 1. The lowest BCUT2D eigenvalue weighted by Crippen LogP contribution is -2.25. The number of nitrogens with zero attached hydrogens (tertiary/aromatic N) is 1. The van der Waals surface area contributed by atoms with Crippen LogP contribution in [-0.4, -0.2) is 23.5 Å². The summed E-state index contributed by atoms with van der Waals surface area (Å²) in [6.45, 7) is 0. The van der Waals surface area contributed by atoms with E-state index in [0.717, 1.165) is 10.9 Å². The molecule has 1 unspecified atom stereocenters. The monoisotopic (exact) mass is 217 g/mol. The Morgan fingerprint density at radius 1 is 1.44 bits per heavy atom. The molecule has 0 saturated heterocycles. The summed E-state index contributed by atoms with van der Waals surface area (Å²) < 4.78 is 10.8. The van der Waals surface area contributed by atoms with Crippen molar-refractivity contribution in [3.8, 4) is 11.5 Å². The molecule has 1 aliphatic heterocycles. The van der Waals surface area contributed by atoms with Crippen LogP contribution in [0, 0.1) is 0 Å². The number of hydrogen-bond donors (Lipinski definition) is 1. The van der Waals surface area contributed by atoms with E-state index >= 15 is 0 Å². The molecule has 2 aromatic rings. The molecule has 3 rings (SSSR count). The Kier molecular flexibility index (Phi) is 1.97. The summed E-state index contributed by atoms with van der Waals surface area (Å²) in [5.74, 6) is 0.897. The molecular weight excluding hydrogens is 206 g/mol. The van der Waals surface area contributed by atoms with E-state index in [-0.39, 0.29) is 12.0 Å². The van der Waals surface area contributed by atoms with Crippen molar-refractivity contribution in [3.63, 3.8) is 0 Å². The Balaban J connectivity index is 2.30. The van der Waals surface area contributed by atoms with Gasteiger partial charge in [0.1, 0.15) is 17.0 Å². The predicted molar refractivity (Wildman–Crippen MR) is 58.5 cm³/mol. The number of pyridine rings is 1. The van der Waals surface area contributed by atoms with Crippen LogP contribution in [0.15, 0.2) is 24.4 Å². The number of hydrogen-bond acceptors (Lipinski definition) is 4. The van der Waals surface area contributed by atoms with Crippen LogP contribution in [0.5, 0.6) is 11.5 Å². The van der Waals surface area contributed by atoms with Gasteiger partial charge in [-0.15, -0.1) is 0 Å². The van der Waals surface area contributed by atoms with E-state index in [4.69, 9.17) is 9.47 Å². The van der Waals surface area contributed by atoms with Crippen molar-refractivity contribution in [2.75, 3.05) is 7.11 Å². The van der Waals surface area contributed by atoms with Crippen molar-refractivity contribution in [2.45, 2.75) is 12.7 Å². The minimum Gasteiger partial charge on any atom is -0.506 e. The Labute approximate surface area is 92.4 Å². The topological polar surface area (TPSA) is 51.6 Å². The van der Waals surface area contributed by atoms with Crippen molar-refractivity contribution >= 4 is 10.9 Å². The third kappa shape index (κ3) is 1.23. The average molecular weight is 217 g/mol. The molecule has 0 aliphatic carbocycles. The molecule has 4 heteroatoms. The number of rotatable bonds is 1. The van der Waals surface area contributed by atoms with Crippen LogP contribution >= 0.6 is 0 Å². The number of phenols is 1. The maximum atomic E-state index is 9.71. The zero-order valence-corrected chi connectivity index (χ0v) is 8.80. The van der Waals surface area contributed by atoms with Gasteiger partial charge < -0.3 is 14.6 Å². The van der Waals surface area contributed by atoms with Crippen LogP contribution in [0.1, 0.15) is 5.56 Å². The average Bonchev–Trinajstić information content (AvgIpc) is 2.33. The Morgan fingerprint density at radius 3 is 3.12 bits per heavy atom. The lowest BCUT2D eigenvalue weighted by Gasteiger charge is -2.25. The van der Waals surface area contributed by atoms with E-state index in [1.165, 1.54) is 0 Å².